The first-order valence-corrected chi connectivity index (χ1v) is 8.51. The van der Waals surface area contributed by atoms with Crippen molar-refractivity contribution in [1.29, 1.82) is 0 Å². The van der Waals surface area contributed by atoms with Crippen LogP contribution in [-0.4, -0.2) is 34.3 Å². The second-order valence-corrected chi connectivity index (χ2v) is 6.55. The molecule has 22 heavy (non-hydrogen) atoms. The Hall–Kier alpha value is -1.61. The summed E-state index contributed by atoms with van der Waals surface area (Å²) in [5, 5.41) is 4.55. The van der Waals surface area contributed by atoms with E-state index in [1.54, 1.807) is 0 Å². The molecule has 1 aromatic carbocycles. The fourth-order valence-electron chi connectivity index (χ4n) is 3.60. The molecule has 2 aromatic rings. The Morgan fingerprint density at radius 2 is 1.95 bits per heavy atom. The third-order valence-electron chi connectivity index (χ3n) is 4.72. The monoisotopic (exact) mass is 297 g/mol. The minimum Gasteiger partial charge on any atom is -0.303 e. The third-order valence-corrected chi connectivity index (χ3v) is 4.72. The van der Waals surface area contributed by atoms with Crippen molar-refractivity contribution < 1.29 is 0 Å². The molecule has 0 N–H and O–H groups in total. The summed E-state index contributed by atoms with van der Waals surface area (Å²) in [6, 6.07) is 13.2. The highest BCUT2D eigenvalue weighted by atomic mass is 15.3. The maximum absolute atomic E-state index is 4.55. The van der Waals surface area contributed by atoms with Gasteiger partial charge in [-0.15, -0.1) is 0 Å². The van der Waals surface area contributed by atoms with Crippen molar-refractivity contribution in [2.75, 3.05) is 19.6 Å². The second-order valence-electron chi connectivity index (χ2n) is 6.55. The Bertz CT molecular complexity index is 588. The summed E-state index contributed by atoms with van der Waals surface area (Å²) in [6.45, 7) is 8.89. The minimum atomic E-state index is 0.712. The molecule has 0 saturated carbocycles. The average molecular weight is 297 g/mol. The highest BCUT2D eigenvalue weighted by Gasteiger charge is 2.20. The number of likely N-dealkylation sites (tertiary alicyclic amines) is 1. The van der Waals surface area contributed by atoms with Gasteiger partial charge in [-0.3, -0.25) is 4.68 Å². The Balaban J connectivity index is 1.49. The lowest BCUT2D eigenvalue weighted by atomic mass is 9.90. The number of aryl methyl sites for hydroxylation is 3. The van der Waals surface area contributed by atoms with Crippen molar-refractivity contribution in [3.8, 4) is 0 Å². The van der Waals surface area contributed by atoms with Crippen LogP contribution in [0.1, 0.15) is 42.1 Å². The van der Waals surface area contributed by atoms with Gasteiger partial charge in [0.1, 0.15) is 0 Å². The van der Waals surface area contributed by atoms with Crippen molar-refractivity contribution in [2.24, 2.45) is 0 Å². The van der Waals surface area contributed by atoms with E-state index in [0.29, 0.717) is 5.92 Å². The molecule has 1 aliphatic rings. The number of hydrogen-bond donors (Lipinski definition) is 0. The first-order valence-electron chi connectivity index (χ1n) is 8.51. The molecule has 3 heteroatoms. The molecule has 1 aromatic heterocycles. The standard InChI is InChI=1S/C19H27N3/c1-16-14-17(2)22(20-16)13-7-12-21-11-6-10-19(15-21)18-8-4-3-5-9-18/h3-5,8-9,14,19H,6-7,10-13,15H2,1-2H3. The zero-order valence-electron chi connectivity index (χ0n) is 13.8. The van der Waals surface area contributed by atoms with E-state index in [-0.39, 0.29) is 0 Å². The van der Waals surface area contributed by atoms with Crippen LogP contribution in [0.4, 0.5) is 0 Å². The third kappa shape index (κ3) is 3.77. The zero-order chi connectivity index (χ0) is 15.4. The average Bonchev–Trinajstić information content (AvgIpc) is 2.86. The van der Waals surface area contributed by atoms with Crippen molar-refractivity contribution in [1.82, 2.24) is 14.7 Å². The molecule has 1 saturated heterocycles. The van der Waals surface area contributed by atoms with Gasteiger partial charge in [0.25, 0.3) is 0 Å². The highest BCUT2D eigenvalue weighted by molar-refractivity contribution is 5.20. The maximum atomic E-state index is 4.55. The molecular weight excluding hydrogens is 270 g/mol. The van der Waals surface area contributed by atoms with Gasteiger partial charge in [-0.2, -0.15) is 5.10 Å². The number of piperidine rings is 1. The Labute approximate surface area is 133 Å². The van der Waals surface area contributed by atoms with Crippen LogP contribution in [0.2, 0.25) is 0 Å². The van der Waals surface area contributed by atoms with E-state index >= 15 is 0 Å². The van der Waals surface area contributed by atoms with Gasteiger partial charge < -0.3 is 4.90 Å². The molecule has 0 radical (unpaired) electrons. The maximum Gasteiger partial charge on any atom is 0.0596 e. The van der Waals surface area contributed by atoms with Crippen LogP contribution in [0, 0.1) is 13.8 Å². The highest BCUT2D eigenvalue weighted by Crippen LogP contribution is 2.26. The van der Waals surface area contributed by atoms with Gasteiger partial charge in [-0.05, 0) is 63.7 Å². The van der Waals surface area contributed by atoms with Crippen molar-refractivity contribution in [3.05, 3.63) is 53.3 Å². The quantitative estimate of drug-likeness (QED) is 0.837. The largest absolute Gasteiger partial charge is 0.303 e. The van der Waals surface area contributed by atoms with Gasteiger partial charge in [0.15, 0.2) is 0 Å². The number of nitrogens with zero attached hydrogens (tertiary/aromatic N) is 3. The molecule has 1 atom stereocenters. The van der Waals surface area contributed by atoms with Gasteiger partial charge >= 0.3 is 0 Å². The van der Waals surface area contributed by atoms with E-state index in [9.17, 15) is 0 Å². The van der Waals surface area contributed by atoms with Crippen LogP contribution in [0.25, 0.3) is 0 Å². The van der Waals surface area contributed by atoms with E-state index in [0.717, 1.165) is 12.2 Å². The summed E-state index contributed by atoms with van der Waals surface area (Å²) in [5.41, 5.74) is 3.91. The minimum absolute atomic E-state index is 0.712. The van der Waals surface area contributed by atoms with E-state index in [1.165, 1.54) is 50.2 Å². The lowest BCUT2D eigenvalue weighted by Crippen LogP contribution is -2.35. The van der Waals surface area contributed by atoms with E-state index in [2.05, 4.69) is 64.9 Å². The molecule has 1 aliphatic heterocycles. The Morgan fingerprint density at radius 3 is 2.68 bits per heavy atom. The SMILES string of the molecule is Cc1cc(C)n(CCCN2CCCC(c3ccccc3)C2)n1. The summed E-state index contributed by atoms with van der Waals surface area (Å²) in [4.78, 5) is 2.63. The lowest BCUT2D eigenvalue weighted by Gasteiger charge is -2.33. The zero-order valence-corrected chi connectivity index (χ0v) is 13.8. The summed E-state index contributed by atoms with van der Waals surface area (Å²) in [6.07, 6.45) is 3.83. The predicted octanol–water partition coefficient (Wildman–Crippen LogP) is 3.77. The van der Waals surface area contributed by atoms with Crippen LogP contribution in [0.15, 0.2) is 36.4 Å². The van der Waals surface area contributed by atoms with Crippen LogP contribution in [-0.2, 0) is 6.54 Å². The molecule has 0 spiro atoms. The molecule has 1 unspecified atom stereocenters. The van der Waals surface area contributed by atoms with Crippen molar-refractivity contribution in [3.63, 3.8) is 0 Å². The van der Waals surface area contributed by atoms with Crippen LogP contribution >= 0.6 is 0 Å². The molecule has 0 bridgehead atoms. The molecule has 1 fully saturated rings. The van der Waals surface area contributed by atoms with Crippen molar-refractivity contribution in [2.45, 2.75) is 45.6 Å². The van der Waals surface area contributed by atoms with E-state index in [4.69, 9.17) is 0 Å². The van der Waals surface area contributed by atoms with E-state index < -0.39 is 0 Å². The lowest BCUT2D eigenvalue weighted by molar-refractivity contribution is 0.202. The Kier molecular flexibility index (Phi) is 4.94. The van der Waals surface area contributed by atoms with Gasteiger partial charge in [0.05, 0.1) is 5.69 Å². The van der Waals surface area contributed by atoms with Crippen LogP contribution in [0.5, 0.6) is 0 Å². The number of aromatic nitrogens is 2. The number of benzene rings is 1. The van der Waals surface area contributed by atoms with Gasteiger partial charge in [-0.25, -0.2) is 0 Å². The van der Waals surface area contributed by atoms with E-state index in [1.807, 2.05) is 0 Å². The first-order chi connectivity index (χ1) is 10.7. The predicted molar refractivity (Wildman–Crippen MR) is 91.2 cm³/mol. The van der Waals surface area contributed by atoms with Crippen LogP contribution < -0.4 is 0 Å². The second kappa shape index (κ2) is 7.10. The molecule has 3 rings (SSSR count). The molecule has 0 amide bonds. The summed E-state index contributed by atoms with van der Waals surface area (Å²) >= 11 is 0. The summed E-state index contributed by atoms with van der Waals surface area (Å²) in [7, 11) is 0. The molecule has 3 nitrogen and oxygen atoms in total. The molecule has 2 heterocycles. The fraction of sp³-hybridized carbons (Fsp3) is 0.526. The first kappa shape index (κ1) is 15.3. The van der Waals surface area contributed by atoms with Crippen LogP contribution in [0.3, 0.4) is 0 Å². The van der Waals surface area contributed by atoms with Gasteiger partial charge in [-0.1, -0.05) is 30.3 Å². The smallest absolute Gasteiger partial charge is 0.0596 e. The normalized spacial score (nSPS) is 19.5. The summed E-state index contributed by atoms with van der Waals surface area (Å²) < 4.78 is 2.15. The topological polar surface area (TPSA) is 21.1 Å². The van der Waals surface area contributed by atoms with Gasteiger partial charge in [0.2, 0.25) is 0 Å². The van der Waals surface area contributed by atoms with Crippen molar-refractivity contribution >= 4 is 0 Å². The van der Waals surface area contributed by atoms with Gasteiger partial charge in [0, 0.05) is 18.8 Å². The Morgan fingerprint density at radius 1 is 1.14 bits per heavy atom. The summed E-state index contributed by atoms with van der Waals surface area (Å²) in [5.74, 6) is 0.712. The molecule has 0 aliphatic carbocycles. The molecular formula is C19H27N3. The number of rotatable bonds is 5. The fourth-order valence-corrected chi connectivity index (χ4v) is 3.60. The molecule has 118 valence electrons. The number of hydrogen-bond acceptors (Lipinski definition) is 2.